The van der Waals surface area contributed by atoms with Crippen molar-refractivity contribution in [2.45, 2.75) is 135 Å². The summed E-state index contributed by atoms with van der Waals surface area (Å²) >= 11 is 2.61. The van der Waals surface area contributed by atoms with Gasteiger partial charge in [0.25, 0.3) is 0 Å². The van der Waals surface area contributed by atoms with E-state index in [0.717, 1.165) is 0 Å². The molecule has 22 aliphatic carbocycles. The van der Waals surface area contributed by atoms with E-state index in [0.29, 0.717) is 118 Å². The van der Waals surface area contributed by atoms with E-state index in [9.17, 15) is 0 Å². The molecule has 324 valence electrons. The van der Waals surface area contributed by atoms with Crippen LogP contribution in [-0.4, -0.2) is 0 Å². The van der Waals surface area contributed by atoms with Gasteiger partial charge < -0.3 is 0 Å². The predicted molar refractivity (Wildman–Crippen MR) is 284 cm³/mol. The molecule has 0 bridgehead atoms. The zero-order valence-electron chi connectivity index (χ0n) is 39.3. The molecular formula is C72H30S. The molecule has 0 N–H and O–H groups in total. The minimum Gasteiger partial charge on any atom is -0.112 e. The molecular weight excluding hydrogens is 897 g/mol. The summed E-state index contributed by atoms with van der Waals surface area (Å²) in [5, 5.41) is 33.9. The largest absolute Gasteiger partial charge is 0.112 e. The second-order valence-corrected chi connectivity index (χ2v) is 32.0. The molecule has 2 spiro atoms. The summed E-state index contributed by atoms with van der Waals surface area (Å²) in [6, 6.07) is 10.6. The zero-order valence-corrected chi connectivity index (χ0v) is 40.1. The smallest absolute Gasteiger partial charge is 0.0645 e. The minimum atomic E-state index is -0.0107. The molecule has 0 aromatic heterocycles. The summed E-state index contributed by atoms with van der Waals surface area (Å²) in [6.07, 6.45) is 0. The molecule has 0 radical (unpaired) electrons. The van der Waals surface area contributed by atoms with Crippen molar-refractivity contribution in [3.05, 3.63) is 152 Å². The fourth-order valence-electron chi connectivity index (χ4n) is 33.0. The maximum absolute atomic E-state index is 2.95. The summed E-state index contributed by atoms with van der Waals surface area (Å²) in [5.41, 5.74) is 49.4. The van der Waals surface area contributed by atoms with Gasteiger partial charge in [0.2, 0.25) is 0 Å². The highest BCUT2D eigenvalue weighted by Gasteiger charge is 2.89. The zero-order chi connectivity index (χ0) is 43.5. The molecule has 1 heteroatoms. The molecule has 73 heavy (non-hydrogen) atoms. The molecule has 1 saturated carbocycles. The molecule has 22 unspecified atom stereocenters. The fraction of sp³-hybridized carbons (Fsp3) is 0.333. The van der Waals surface area contributed by atoms with Gasteiger partial charge in [-0.1, -0.05) is 29.8 Å². The normalized spacial score (nSPS) is 46.5. The van der Waals surface area contributed by atoms with Gasteiger partial charge in [0.15, 0.2) is 0 Å². The number of hydrogen-bond donors (Lipinski definition) is 0. The third-order valence-corrected chi connectivity index (χ3v) is 33.4. The Morgan fingerprint density at radius 2 is 0.658 bits per heavy atom. The van der Waals surface area contributed by atoms with Gasteiger partial charge in [-0.3, -0.25) is 0 Å². The Hall–Kier alpha value is -5.89. The molecule has 0 amide bonds. The number of benzene rings is 11. The summed E-state index contributed by atoms with van der Waals surface area (Å²) in [6.45, 7) is 4.96. The van der Waals surface area contributed by atoms with E-state index in [1.54, 1.807) is 15.8 Å². The molecule has 0 nitrogen and oxygen atoms in total. The average molecular weight is 927 g/mol. The van der Waals surface area contributed by atoms with Crippen LogP contribution in [0, 0.1) is 25.7 Å². The van der Waals surface area contributed by atoms with E-state index in [-0.39, 0.29) is 10.2 Å². The fourth-order valence-corrected chi connectivity index (χ4v) is 35.1. The van der Waals surface area contributed by atoms with E-state index in [2.05, 4.69) is 61.0 Å². The molecule has 35 rings (SSSR count). The van der Waals surface area contributed by atoms with Crippen LogP contribution in [0.4, 0.5) is 0 Å². The number of fused-ring (bicyclic) bond motifs is 3. The van der Waals surface area contributed by atoms with Gasteiger partial charge >= 0.3 is 0 Å². The molecule has 12 aromatic rings. The Morgan fingerprint density at radius 3 is 1.14 bits per heavy atom. The van der Waals surface area contributed by atoms with Gasteiger partial charge in [-0.15, -0.1) is 11.8 Å². The van der Waals surface area contributed by atoms with Crippen molar-refractivity contribution in [3.63, 3.8) is 0 Å². The first-order valence-electron chi connectivity index (χ1n) is 29.7. The van der Waals surface area contributed by atoms with Crippen molar-refractivity contribution in [1.29, 1.82) is 0 Å². The van der Waals surface area contributed by atoms with Crippen molar-refractivity contribution in [1.82, 2.24) is 0 Å². The maximum Gasteiger partial charge on any atom is 0.0645 e. The quantitative estimate of drug-likeness (QED) is 0.137. The van der Waals surface area contributed by atoms with Crippen LogP contribution >= 0.6 is 11.8 Å². The lowest BCUT2D eigenvalue weighted by atomic mass is 9.39. The molecule has 12 aromatic carbocycles. The lowest BCUT2D eigenvalue weighted by Gasteiger charge is -2.65. The first-order chi connectivity index (χ1) is 36.2. The standard InChI is InChI=1S/C72H30S/c1-7-3-4-9-8(2)6-11-70(10(9)5-7)73-72-68-62-56-46-34-26-18-14-12-13-16-20(18)28(34)38-32-24(16)25-17(13)21-19-15(12)23-22(14)30-36(26)44-50-40(30)41-31(23)37-27(19)35-29(21)39-33(25)43-42(32)54(48(38)56)64(68)65-55(43)49(39)57-47(35)53-45(37)51(41)59-58(50)66(60(62)52(44)46)71(11,72)67(59)61(53)63(57)69(65)72/h3-6,14,16,18,20,22,24,30,32,40-43,51,55,59,61,63,65,67,69H,1-2H3. The van der Waals surface area contributed by atoms with Crippen LogP contribution in [0.25, 0.3) is 108 Å². The molecule has 1 aliphatic heterocycles. The minimum absolute atomic E-state index is 0.0107. The lowest BCUT2D eigenvalue weighted by molar-refractivity contribution is 0.0342. The van der Waals surface area contributed by atoms with E-state index in [1.165, 1.54) is 10.9 Å². The topological polar surface area (TPSA) is 0 Å². The van der Waals surface area contributed by atoms with Crippen LogP contribution < -0.4 is 0 Å². The molecule has 22 atom stereocenters. The van der Waals surface area contributed by atoms with E-state index in [4.69, 9.17) is 0 Å². The van der Waals surface area contributed by atoms with Crippen LogP contribution in [0.1, 0.15) is 234 Å². The SMILES string of the molecule is Cc1ccc2c(C)cc3c(c2c1)SC12c4c5c6c7c8c9c%10c%11c%12c%13c%14c%15c(c%16c%13c%10c7c4-%16)C31C1C%15C3c4c7c%10c%13c%15c%16c%17c%18c%19c%20c%21c%22c%23c(c4c4c%22c%19c%16c%104)C3C%14C%12C%23C%21C%11C9C%20C%18C8C6C%17C%15C5C2C%13C71. The molecule has 1 fully saturated rings. The van der Waals surface area contributed by atoms with Gasteiger partial charge in [0, 0.05) is 10.3 Å². The van der Waals surface area contributed by atoms with Crippen LogP contribution in [0.15, 0.2) is 29.2 Å². The van der Waals surface area contributed by atoms with Crippen molar-refractivity contribution < 1.29 is 0 Å². The van der Waals surface area contributed by atoms with Crippen molar-refractivity contribution in [2.75, 3.05) is 0 Å². The predicted octanol–water partition coefficient (Wildman–Crippen LogP) is 16.3. The summed E-state index contributed by atoms with van der Waals surface area (Å²) in [7, 11) is 0. The Labute approximate surface area is 416 Å². The highest BCUT2D eigenvalue weighted by atomic mass is 32.2. The second-order valence-electron chi connectivity index (χ2n) is 30.7. The summed E-state index contributed by atoms with van der Waals surface area (Å²) < 4.78 is 0.0212. The number of thioether (sulfide) groups is 1. The van der Waals surface area contributed by atoms with Crippen molar-refractivity contribution in [3.8, 4) is 11.1 Å². The Morgan fingerprint density at radius 1 is 0.315 bits per heavy atom. The Bertz CT molecular complexity index is 5860. The maximum atomic E-state index is 2.95. The van der Waals surface area contributed by atoms with Gasteiger partial charge in [-0.2, -0.15) is 0 Å². The van der Waals surface area contributed by atoms with Gasteiger partial charge in [-0.25, -0.2) is 0 Å². The third kappa shape index (κ3) is 1.64. The van der Waals surface area contributed by atoms with Crippen LogP contribution in [0.5, 0.6) is 0 Å². The van der Waals surface area contributed by atoms with Crippen molar-refractivity contribution in [2.24, 2.45) is 11.8 Å². The molecule has 1 heterocycles. The van der Waals surface area contributed by atoms with Crippen LogP contribution in [-0.2, 0) is 10.2 Å². The first kappa shape index (κ1) is 29.3. The first-order valence-corrected chi connectivity index (χ1v) is 30.5. The Kier molecular flexibility index (Phi) is 2.72. The second kappa shape index (κ2) is 6.79. The van der Waals surface area contributed by atoms with Gasteiger partial charge in [0.1, 0.15) is 0 Å². The molecule has 23 aliphatic rings. The number of rotatable bonds is 0. The van der Waals surface area contributed by atoms with E-state index in [1.807, 2.05) is 203 Å². The molecule has 0 saturated heterocycles. The van der Waals surface area contributed by atoms with Crippen LogP contribution in [0.3, 0.4) is 0 Å². The summed E-state index contributed by atoms with van der Waals surface area (Å²) in [4.78, 5) is 1.76. The average Bonchev–Trinajstić information content (AvgIpc) is 4.30. The van der Waals surface area contributed by atoms with E-state index >= 15 is 0 Å². The number of hydrogen-bond acceptors (Lipinski definition) is 1. The van der Waals surface area contributed by atoms with Crippen LogP contribution in [0.2, 0.25) is 0 Å². The van der Waals surface area contributed by atoms with E-state index < -0.39 is 0 Å². The summed E-state index contributed by atoms with van der Waals surface area (Å²) in [5.74, 6) is 13.1. The third-order valence-electron chi connectivity index (χ3n) is 31.7. The monoisotopic (exact) mass is 926 g/mol. The Balaban J connectivity index is 0.996. The highest BCUT2D eigenvalue weighted by Crippen LogP contribution is 3.01. The lowest BCUT2D eigenvalue weighted by Crippen LogP contribution is -2.62. The number of aryl methyl sites for hydroxylation is 2. The highest BCUT2D eigenvalue weighted by molar-refractivity contribution is 8.01. The van der Waals surface area contributed by atoms with Gasteiger partial charge in [0.05, 0.1) is 4.75 Å². The van der Waals surface area contributed by atoms with Crippen molar-refractivity contribution >= 4 is 109 Å². The van der Waals surface area contributed by atoms with Gasteiger partial charge in [-0.05, 0) is 363 Å².